The molecule has 0 saturated carbocycles. The Morgan fingerprint density at radius 1 is 1.50 bits per heavy atom. The van der Waals surface area contributed by atoms with Crippen molar-refractivity contribution in [3.8, 4) is 0 Å². The number of hydrogen-bond donors (Lipinski definition) is 1. The van der Waals surface area contributed by atoms with Gasteiger partial charge in [-0.2, -0.15) is 0 Å². The molecule has 1 aromatic heterocycles. The van der Waals surface area contributed by atoms with Crippen LogP contribution in [0.15, 0.2) is 24.5 Å². The fourth-order valence-corrected chi connectivity index (χ4v) is 2.93. The molecular formula is C13H18N4O. The van der Waals surface area contributed by atoms with Crippen molar-refractivity contribution >= 4 is 5.91 Å². The number of likely N-dealkylation sites (N-methyl/N-ethyl adjacent to an activating group) is 1. The quantitative estimate of drug-likeness (QED) is 0.750. The van der Waals surface area contributed by atoms with Crippen LogP contribution in [0.2, 0.25) is 0 Å². The van der Waals surface area contributed by atoms with Crippen LogP contribution < -0.4 is 5.32 Å². The number of piperazine rings is 2. The second-order valence-electron chi connectivity index (χ2n) is 5.02. The van der Waals surface area contributed by atoms with Gasteiger partial charge in [0, 0.05) is 38.6 Å². The average Bonchev–Trinajstić information content (AvgIpc) is 2.40. The maximum absolute atomic E-state index is 12.6. The fraction of sp³-hybridized carbons (Fsp3) is 0.538. The van der Waals surface area contributed by atoms with Crippen LogP contribution in [0.4, 0.5) is 0 Å². The number of hydrogen-bond acceptors (Lipinski definition) is 4. The van der Waals surface area contributed by atoms with Gasteiger partial charge in [0.2, 0.25) is 5.91 Å². The number of pyridine rings is 1. The Balaban J connectivity index is 1.89. The van der Waals surface area contributed by atoms with Gasteiger partial charge in [-0.15, -0.1) is 0 Å². The molecule has 3 rings (SSSR count). The number of carbonyl (C=O) groups excluding carboxylic acids is 1. The molecule has 2 atom stereocenters. The number of aromatic nitrogens is 1. The van der Waals surface area contributed by atoms with E-state index >= 15 is 0 Å². The van der Waals surface area contributed by atoms with Gasteiger partial charge in [-0.1, -0.05) is 6.07 Å². The van der Waals surface area contributed by atoms with Crippen LogP contribution in [0.3, 0.4) is 0 Å². The van der Waals surface area contributed by atoms with Crippen molar-refractivity contribution in [1.29, 1.82) is 0 Å². The molecule has 0 radical (unpaired) electrons. The molecule has 2 saturated heterocycles. The molecule has 2 fully saturated rings. The molecule has 2 unspecified atom stereocenters. The van der Waals surface area contributed by atoms with Crippen molar-refractivity contribution < 1.29 is 4.79 Å². The van der Waals surface area contributed by atoms with E-state index in [0.29, 0.717) is 6.04 Å². The van der Waals surface area contributed by atoms with Crippen LogP contribution in [0.25, 0.3) is 0 Å². The number of nitrogens with zero attached hydrogens (tertiary/aromatic N) is 3. The summed E-state index contributed by atoms with van der Waals surface area (Å²) in [4.78, 5) is 20.9. The van der Waals surface area contributed by atoms with E-state index in [4.69, 9.17) is 0 Å². The third-order valence-corrected chi connectivity index (χ3v) is 3.81. The summed E-state index contributed by atoms with van der Waals surface area (Å²) >= 11 is 0. The molecule has 0 aromatic carbocycles. The SMILES string of the molecule is CN1CC2CNCCN2C(=O)C1c1cccnc1. The van der Waals surface area contributed by atoms with Gasteiger partial charge >= 0.3 is 0 Å². The Labute approximate surface area is 107 Å². The van der Waals surface area contributed by atoms with Crippen molar-refractivity contribution in [1.82, 2.24) is 20.1 Å². The van der Waals surface area contributed by atoms with Gasteiger partial charge in [0.25, 0.3) is 0 Å². The van der Waals surface area contributed by atoms with Crippen molar-refractivity contribution in [2.75, 3.05) is 33.2 Å². The van der Waals surface area contributed by atoms with E-state index in [2.05, 4.69) is 15.2 Å². The van der Waals surface area contributed by atoms with Crippen LogP contribution in [0, 0.1) is 0 Å². The highest BCUT2D eigenvalue weighted by atomic mass is 16.2. The lowest BCUT2D eigenvalue weighted by Crippen LogP contribution is -2.63. The van der Waals surface area contributed by atoms with E-state index in [1.807, 2.05) is 24.1 Å². The van der Waals surface area contributed by atoms with E-state index < -0.39 is 0 Å². The minimum absolute atomic E-state index is 0.173. The molecule has 5 heteroatoms. The summed E-state index contributed by atoms with van der Waals surface area (Å²) in [5.41, 5.74) is 0.988. The Bertz CT molecular complexity index is 436. The third kappa shape index (κ3) is 1.89. The van der Waals surface area contributed by atoms with Crippen LogP contribution in [0.5, 0.6) is 0 Å². The normalized spacial score (nSPS) is 29.2. The predicted molar refractivity (Wildman–Crippen MR) is 68.0 cm³/mol. The molecule has 0 bridgehead atoms. The van der Waals surface area contributed by atoms with Gasteiger partial charge in [0.15, 0.2) is 0 Å². The summed E-state index contributed by atoms with van der Waals surface area (Å²) < 4.78 is 0. The van der Waals surface area contributed by atoms with Crippen LogP contribution >= 0.6 is 0 Å². The highest BCUT2D eigenvalue weighted by molar-refractivity contribution is 5.84. The first-order valence-corrected chi connectivity index (χ1v) is 6.39. The maximum atomic E-state index is 12.6. The molecule has 3 heterocycles. The molecule has 0 aliphatic carbocycles. The van der Waals surface area contributed by atoms with Crippen LogP contribution in [-0.4, -0.2) is 60.0 Å². The first-order chi connectivity index (χ1) is 8.77. The second kappa shape index (κ2) is 4.66. The monoisotopic (exact) mass is 246 g/mol. The smallest absolute Gasteiger partial charge is 0.244 e. The van der Waals surface area contributed by atoms with Crippen molar-refractivity contribution in [3.63, 3.8) is 0 Å². The molecule has 5 nitrogen and oxygen atoms in total. The van der Waals surface area contributed by atoms with Gasteiger partial charge in [-0.3, -0.25) is 14.7 Å². The number of fused-ring (bicyclic) bond motifs is 1. The zero-order valence-corrected chi connectivity index (χ0v) is 10.5. The molecule has 1 amide bonds. The lowest BCUT2D eigenvalue weighted by atomic mass is 9.99. The van der Waals surface area contributed by atoms with E-state index in [1.54, 1.807) is 12.4 Å². The molecule has 18 heavy (non-hydrogen) atoms. The Morgan fingerprint density at radius 2 is 2.39 bits per heavy atom. The number of rotatable bonds is 1. The van der Waals surface area contributed by atoms with Crippen molar-refractivity contribution in [2.45, 2.75) is 12.1 Å². The zero-order chi connectivity index (χ0) is 12.5. The maximum Gasteiger partial charge on any atom is 0.244 e. The molecule has 1 aromatic rings. The number of nitrogens with one attached hydrogen (secondary N) is 1. The van der Waals surface area contributed by atoms with Gasteiger partial charge in [-0.05, 0) is 18.7 Å². The Morgan fingerprint density at radius 3 is 3.17 bits per heavy atom. The first kappa shape index (κ1) is 11.6. The van der Waals surface area contributed by atoms with Crippen LogP contribution in [-0.2, 0) is 4.79 Å². The minimum atomic E-state index is -0.173. The van der Waals surface area contributed by atoms with Crippen LogP contribution in [0.1, 0.15) is 11.6 Å². The largest absolute Gasteiger partial charge is 0.334 e. The third-order valence-electron chi connectivity index (χ3n) is 3.81. The molecule has 96 valence electrons. The van der Waals surface area contributed by atoms with Gasteiger partial charge in [0.1, 0.15) is 6.04 Å². The van der Waals surface area contributed by atoms with Crippen molar-refractivity contribution in [3.05, 3.63) is 30.1 Å². The Hall–Kier alpha value is -1.46. The molecule has 1 N–H and O–H groups in total. The summed E-state index contributed by atoms with van der Waals surface area (Å²) in [6, 6.07) is 4.01. The lowest BCUT2D eigenvalue weighted by Gasteiger charge is -2.46. The predicted octanol–water partition coefficient (Wildman–Crippen LogP) is -0.131. The highest BCUT2D eigenvalue weighted by Gasteiger charge is 2.40. The Kier molecular flexibility index (Phi) is 3.01. The second-order valence-corrected chi connectivity index (χ2v) is 5.02. The molecule has 2 aliphatic heterocycles. The standard InChI is InChI=1S/C13H18N4O/c1-16-9-11-8-15-5-6-17(11)13(18)12(16)10-3-2-4-14-7-10/h2-4,7,11-12,15H,5-6,8-9H2,1H3. The van der Waals surface area contributed by atoms with E-state index in [1.165, 1.54) is 0 Å². The first-order valence-electron chi connectivity index (χ1n) is 6.39. The van der Waals surface area contributed by atoms with Gasteiger partial charge < -0.3 is 10.2 Å². The van der Waals surface area contributed by atoms with E-state index in [-0.39, 0.29) is 11.9 Å². The number of carbonyl (C=O) groups is 1. The topological polar surface area (TPSA) is 48.5 Å². The van der Waals surface area contributed by atoms with E-state index in [0.717, 1.165) is 31.7 Å². The van der Waals surface area contributed by atoms with E-state index in [9.17, 15) is 4.79 Å². The summed E-state index contributed by atoms with van der Waals surface area (Å²) in [5.74, 6) is 0.211. The summed E-state index contributed by atoms with van der Waals surface area (Å²) in [6.45, 7) is 3.52. The average molecular weight is 246 g/mol. The summed E-state index contributed by atoms with van der Waals surface area (Å²) in [7, 11) is 2.02. The summed E-state index contributed by atoms with van der Waals surface area (Å²) in [6.07, 6.45) is 3.53. The molecule has 0 spiro atoms. The fourth-order valence-electron chi connectivity index (χ4n) is 2.93. The number of amides is 1. The minimum Gasteiger partial charge on any atom is -0.334 e. The molecular weight excluding hydrogens is 228 g/mol. The van der Waals surface area contributed by atoms with Gasteiger partial charge in [-0.25, -0.2) is 0 Å². The van der Waals surface area contributed by atoms with Crippen molar-refractivity contribution in [2.24, 2.45) is 0 Å². The highest BCUT2D eigenvalue weighted by Crippen LogP contribution is 2.27. The lowest BCUT2D eigenvalue weighted by molar-refractivity contribution is -0.146. The van der Waals surface area contributed by atoms with Gasteiger partial charge in [0.05, 0.1) is 6.04 Å². The zero-order valence-electron chi connectivity index (χ0n) is 10.5. The molecule has 2 aliphatic rings. The summed E-state index contributed by atoms with van der Waals surface area (Å²) in [5, 5.41) is 3.35.